The van der Waals surface area contributed by atoms with Crippen molar-refractivity contribution >= 4 is 28.8 Å². The molecule has 4 rings (SSSR count). The molecule has 0 radical (unpaired) electrons. The third kappa shape index (κ3) is 8.50. The quantitative estimate of drug-likeness (QED) is 0.134. The summed E-state index contributed by atoms with van der Waals surface area (Å²) in [6.45, 7) is 3.84. The van der Waals surface area contributed by atoms with Crippen LogP contribution < -0.4 is 15.8 Å². The molecule has 0 aliphatic heterocycles. The van der Waals surface area contributed by atoms with Crippen LogP contribution in [-0.2, 0) is 30.5 Å². The van der Waals surface area contributed by atoms with Crippen LogP contribution in [0.5, 0.6) is 5.75 Å². The SMILES string of the molecule is COc1ccc(NC(=S)N(Cc2ccccc2C(F)(F)F)C(N)[C@@H](C(=O)Cc2cncn2Cc2ccc(C#N)cc2)C(C)C)cc1. The molecule has 4 aromatic rings. The van der Waals surface area contributed by atoms with Gasteiger partial charge < -0.3 is 25.3 Å². The number of benzene rings is 3. The second kappa shape index (κ2) is 15.0. The molecular weight excluding hydrogens is 613 g/mol. The van der Waals surface area contributed by atoms with Crippen LogP contribution >= 0.6 is 12.2 Å². The van der Waals surface area contributed by atoms with Crippen LogP contribution in [0, 0.1) is 23.2 Å². The monoisotopic (exact) mass is 648 g/mol. The Labute approximate surface area is 271 Å². The zero-order chi connectivity index (χ0) is 33.4. The number of nitrogens with zero attached hydrogens (tertiary/aromatic N) is 4. The Bertz CT molecular complexity index is 1680. The molecule has 0 spiro atoms. The summed E-state index contributed by atoms with van der Waals surface area (Å²) in [6.07, 6.45) is -2.44. The van der Waals surface area contributed by atoms with Crippen LogP contribution in [0.15, 0.2) is 85.3 Å². The summed E-state index contributed by atoms with van der Waals surface area (Å²) >= 11 is 5.73. The minimum absolute atomic E-state index is 0.00151. The predicted molar refractivity (Wildman–Crippen MR) is 174 cm³/mol. The number of nitrogens with one attached hydrogen (secondary N) is 1. The molecule has 0 saturated heterocycles. The van der Waals surface area contributed by atoms with E-state index in [1.807, 2.05) is 30.5 Å². The summed E-state index contributed by atoms with van der Waals surface area (Å²) in [5.74, 6) is -0.660. The predicted octanol–water partition coefficient (Wildman–Crippen LogP) is 6.40. The number of ether oxygens (including phenoxy) is 1. The van der Waals surface area contributed by atoms with Gasteiger partial charge in [-0.3, -0.25) is 4.79 Å². The fourth-order valence-electron chi connectivity index (χ4n) is 5.27. The van der Waals surface area contributed by atoms with E-state index in [0.29, 0.717) is 29.2 Å². The van der Waals surface area contributed by atoms with Crippen molar-refractivity contribution in [1.29, 1.82) is 5.26 Å². The number of Topliss-reactive ketones (excluding diaryl/α,β-unsaturated/α-hetero) is 1. The Hall–Kier alpha value is -4.73. The lowest BCUT2D eigenvalue weighted by molar-refractivity contribution is -0.138. The summed E-state index contributed by atoms with van der Waals surface area (Å²) in [5, 5.41) is 12.2. The Morgan fingerprint density at radius 2 is 1.78 bits per heavy atom. The number of nitrogens with two attached hydrogens (primary N) is 1. The van der Waals surface area contributed by atoms with Gasteiger partial charge in [-0.2, -0.15) is 18.4 Å². The number of hydrogen-bond acceptors (Lipinski definition) is 6. The fraction of sp³-hybridized carbons (Fsp3) is 0.294. The molecule has 46 heavy (non-hydrogen) atoms. The van der Waals surface area contributed by atoms with E-state index in [1.165, 1.54) is 30.2 Å². The van der Waals surface area contributed by atoms with Gasteiger partial charge in [0.25, 0.3) is 0 Å². The molecule has 0 fully saturated rings. The van der Waals surface area contributed by atoms with E-state index in [9.17, 15) is 18.0 Å². The number of carbonyl (C=O) groups is 1. The third-order valence-electron chi connectivity index (χ3n) is 7.67. The van der Waals surface area contributed by atoms with Crippen LogP contribution in [0.25, 0.3) is 0 Å². The molecule has 3 N–H and O–H groups in total. The molecule has 1 aromatic heterocycles. The van der Waals surface area contributed by atoms with Gasteiger partial charge in [-0.25, -0.2) is 4.98 Å². The first-order chi connectivity index (χ1) is 21.9. The van der Waals surface area contributed by atoms with Crippen molar-refractivity contribution in [3.63, 3.8) is 0 Å². The van der Waals surface area contributed by atoms with Gasteiger partial charge in [0, 0.05) is 37.1 Å². The fourth-order valence-corrected chi connectivity index (χ4v) is 5.57. The van der Waals surface area contributed by atoms with Crippen LogP contribution in [0.2, 0.25) is 0 Å². The van der Waals surface area contributed by atoms with E-state index < -0.39 is 23.8 Å². The van der Waals surface area contributed by atoms with Crippen molar-refractivity contribution in [1.82, 2.24) is 14.5 Å². The molecule has 12 heteroatoms. The standard InChI is InChI=1S/C34H35F3N6O2S/c1-22(2)31(30(44)16-27-18-40-21-42(27)19-24-10-8-23(17-38)9-11-24)32(39)43(20-25-6-4-5-7-29(25)34(35,36)37)33(46)41-26-12-14-28(45-3)15-13-26/h4-15,18,21-22,31-32H,16,19-20,39H2,1-3H3,(H,41,46)/t31-,32?/m1/s1. The number of ketones is 1. The van der Waals surface area contributed by atoms with Gasteiger partial charge in [-0.05, 0) is 71.7 Å². The number of hydrogen-bond donors (Lipinski definition) is 2. The number of alkyl halides is 3. The Balaban J connectivity index is 1.62. The van der Waals surface area contributed by atoms with Crippen molar-refractivity contribution in [2.24, 2.45) is 17.6 Å². The van der Waals surface area contributed by atoms with Gasteiger partial charge in [0.15, 0.2) is 5.11 Å². The number of thiocarbonyl (C=S) groups is 1. The molecule has 0 amide bonds. The van der Waals surface area contributed by atoms with E-state index in [1.54, 1.807) is 48.9 Å². The average Bonchev–Trinajstić information content (AvgIpc) is 3.45. The Morgan fingerprint density at radius 3 is 2.39 bits per heavy atom. The van der Waals surface area contributed by atoms with Crippen molar-refractivity contribution in [2.45, 2.75) is 45.7 Å². The first kappa shape index (κ1) is 34.1. The Morgan fingerprint density at radius 1 is 1.11 bits per heavy atom. The largest absolute Gasteiger partial charge is 0.497 e. The van der Waals surface area contributed by atoms with Crippen molar-refractivity contribution in [2.75, 3.05) is 12.4 Å². The summed E-state index contributed by atoms with van der Waals surface area (Å²) in [4.78, 5) is 19.7. The highest BCUT2D eigenvalue weighted by Gasteiger charge is 2.37. The van der Waals surface area contributed by atoms with E-state index in [-0.39, 0.29) is 35.3 Å². The minimum Gasteiger partial charge on any atom is -0.497 e. The molecule has 8 nitrogen and oxygen atoms in total. The zero-order valence-electron chi connectivity index (χ0n) is 25.7. The summed E-state index contributed by atoms with van der Waals surface area (Å²) in [7, 11) is 1.54. The maximum absolute atomic E-state index is 14.0. The lowest BCUT2D eigenvalue weighted by Crippen LogP contribution is -2.55. The van der Waals surface area contributed by atoms with E-state index in [2.05, 4.69) is 16.4 Å². The van der Waals surface area contributed by atoms with Crippen LogP contribution in [0.4, 0.5) is 18.9 Å². The molecule has 3 aromatic carbocycles. The second-order valence-electron chi connectivity index (χ2n) is 11.2. The maximum atomic E-state index is 14.0. The number of aromatic nitrogens is 2. The lowest BCUT2D eigenvalue weighted by Gasteiger charge is -2.38. The summed E-state index contributed by atoms with van der Waals surface area (Å²) in [6, 6.07) is 21.3. The number of carbonyl (C=O) groups excluding carboxylic acids is 1. The Kier molecular flexibility index (Phi) is 11.2. The molecule has 1 heterocycles. The summed E-state index contributed by atoms with van der Waals surface area (Å²) < 4.78 is 49.0. The molecular formula is C34H35F3N6O2S. The van der Waals surface area contributed by atoms with Crippen LogP contribution in [0.3, 0.4) is 0 Å². The highest BCUT2D eigenvalue weighted by atomic mass is 32.1. The number of imidazole rings is 1. The van der Waals surface area contributed by atoms with E-state index in [0.717, 1.165) is 11.6 Å². The van der Waals surface area contributed by atoms with Gasteiger partial charge in [-0.15, -0.1) is 0 Å². The number of nitriles is 1. The average molecular weight is 649 g/mol. The zero-order valence-corrected chi connectivity index (χ0v) is 26.5. The smallest absolute Gasteiger partial charge is 0.416 e. The minimum atomic E-state index is -4.60. The van der Waals surface area contributed by atoms with Crippen molar-refractivity contribution < 1.29 is 22.7 Å². The van der Waals surface area contributed by atoms with Crippen LogP contribution in [0.1, 0.15) is 41.8 Å². The highest BCUT2D eigenvalue weighted by molar-refractivity contribution is 7.80. The van der Waals surface area contributed by atoms with Gasteiger partial charge in [-0.1, -0.05) is 44.2 Å². The van der Waals surface area contributed by atoms with Crippen LogP contribution in [-0.4, -0.2) is 38.6 Å². The molecule has 240 valence electrons. The number of halogens is 3. The maximum Gasteiger partial charge on any atom is 0.416 e. The van der Waals surface area contributed by atoms with E-state index in [4.69, 9.17) is 28.0 Å². The van der Waals surface area contributed by atoms with E-state index >= 15 is 0 Å². The molecule has 1 unspecified atom stereocenters. The molecule has 0 aliphatic carbocycles. The molecule has 2 atom stereocenters. The van der Waals surface area contributed by atoms with Gasteiger partial charge >= 0.3 is 6.18 Å². The molecule has 0 bridgehead atoms. The van der Waals surface area contributed by atoms with Gasteiger partial charge in [0.1, 0.15) is 11.5 Å². The first-order valence-electron chi connectivity index (χ1n) is 14.5. The number of rotatable bonds is 12. The number of anilines is 1. The normalized spacial score (nSPS) is 12.7. The van der Waals surface area contributed by atoms with Gasteiger partial charge in [0.05, 0.1) is 42.7 Å². The number of methoxy groups -OCH3 is 1. The lowest BCUT2D eigenvalue weighted by atomic mass is 9.86. The third-order valence-corrected chi connectivity index (χ3v) is 8.01. The van der Waals surface area contributed by atoms with Crippen molar-refractivity contribution in [3.8, 4) is 11.8 Å². The molecule has 0 saturated carbocycles. The first-order valence-corrected chi connectivity index (χ1v) is 14.9. The molecule has 0 aliphatic rings. The highest BCUT2D eigenvalue weighted by Crippen LogP contribution is 2.33. The van der Waals surface area contributed by atoms with Crippen molar-refractivity contribution in [3.05, 3.63) is 113 Å². The second-order valence-corrected chi connectivity index (χ2v) is 11.6. The summed E-state index contributed by atoms with van der Waals surface area (Å²) in [5.41, 5.74) is 8.68. The topological polar surface area (TPSA) is 109 Å². The van der Waals surface area contributed by atoms with Gasteiger partial charge in [0.2, 0.25) is 0 Å².